The highest BCUT2D eigenvalue weighted by molar-refractivity contribution is 5.97. The number of carbonyl (C=O) groups is 2. The van der Waals surface area contributed by atoms with E-state index >= 15 is 0 Å². The topological polar surface area (TPSA) is 199 Å². The molecule has 6 N–H and O–H groups in total. The number of fused-ring (bicyclic) bond motifs is 4. The summed E-state index contributed by atoms with van der Waals surface area (Å²) >= 11 is 0. The first-order valence-electron chi connectivity index (χ1n) is 16.7. The molecule has 0 unspecified atom stereocenters. The molecule has 0 atom stereocenters. The van der Waals surface area contributed by atoms with E-state index in [1.165, 1.54) is 18.2 Å². The maximum absolute atomic E-state index is 12.7. The number of phenolic OH excluding ortho intramolecular Hbond substituents is 1. The van der Waals surface area contributed by atoms with Crippen LogP contribution in [-0.4, -0.2) is 106 Å². The van der Waals surface area contributed by atoms with Crippen molar-refractivity contribution in [2.24, 2.45) is 5.73 Å². The molecule has 14 heteroatoms. The summed E-state index contributed by atoms with van der Waals surface area (Å²) < 4.78 is 22.5. The molecule has 2 aliphatic rings. The summed E-state index contributed by atoms with van der Waals surface area (Å²) in [6, 6.07) is 11.3. The highest BCUT2D eigenvalue weighted by atomic mass is 16.5. The van der Waals surface area contributed by atoms with Crippen LogP contribution >= 0.6 is 0 Å². The van der Waals surface area contributed by atoms with Crippen molar-refractivity contribution in [2.45, 2.75) is 32.1 Å². The summed E-state index contributed by atoms with van der Waals surface area (Å²) in [7, 11) is 0. The molecule has 4 rings (SSSR count). The van der Waals surface area contributed by atoms with E-state index in [2.05, 4.69) is 10.6 Å². The van der Waals surface area contributed by atoms with Crippen molar-refractivity contribution in [1.29, 1.82) is 0 Å². The third-order valence-electron chi connectivity index (χ3n) is 7.68. The van der Waals surface area contributed by atoms with E-state index in [-0.39, 0.29) is 48.2 Å². The van der Waals surface area contributed by atoms with Crippen LogP contribution in [0.4, 0.5) is 5.69 Å². The van der Waals surface area contributed by atoms with Crippen LogP contribution in [0.3, 0.4) is 0 Å². The van der Waals surface area contributed by atoms with Gasteiger partial charge in [0.25, 0.3) is 0 Å². The molecule has 0 saturated heterocycles. The zero-order valence-corrected chi connectivity index (χ0v) is 27.8. The molecule has 266 valence electrons. The number of nitrogens with zero attached hydrogens (tertiary/aromatic N) is 2. The Kier molecular flexibility index (Phi) is 15.5. The third kappa shape index (κ3) is 11.9. The molecule has 2 aromatic rings. The largest absolute Gasteiger partial charge is 0.508 e. The Morgan fingerprint density at radius 1 is 0.816 bits per heavy atom. The fourth-order valence-corrected chi connectivity index (χ4v) is 5.10. The van der Waals surface area contributed by atoms with Gasteiger partial charge in [-0.1, -0.05) is 0 Å². The smallest absolute Gasteiger partial charge is 0.221 e. The Bertz CT molecular complexity index is 1660. The second-order valence-corrected chi connectivity index (χ2v) is 11.4. The number of amides is 2. The molecule has 14 nitrogen and oxygen atoms in total. The Morgan fingerprint density at radius 3 is 2.14 bits per heavy atom. The van der Waals surface area contributed by atoms with Crippen LogP contribution < -0.4 is 26.7 Å². The lowest BCUT2D eigenvalue weighted by Gasteiger charge is -2.25. The Hall–Kier alpha value is -4.34. The van der Waals surface area contributed by atoms with Gasteiger partial charge in [0.2, 0.25) is 11.8 Å². The molecule has 2 aromatic carbocycles. The van der Waals surface area contributed by atoms with E-state index in [9.17, 15) is 19.5 Å². The van der Waals surface area contributed by atoms with Crippen LogP contribution in [-0.2, 0) is 23.8 Å². The first kappa shape index (κ1) is 37.5. The number of aromatic nitrogens is 1. The van der Waals surface area contributed by atoms with Gasteiger partial charge < -0.3 is 50.1 Å². The van der Waals surface area contributed by atoms with E-state index in [0.29, 0.717) is 118 Å². The number of aromatic hydroxyl groups is 1. The second-order valence-electron chi connectivity index (χ2n) is 11.4. The van der Waals surface area contributed by atoms with Gasteiger partial charge in [-0.2, -0.15) is 0 Å². The number of anilines is 1. The predicted molar refractivity (Wildman–Crippen MR) is 186 cm³/mol. The first-order chi connectivity index (χ1) is 23.9. The van der Waals surface area contributed by atoms with Gasteiger partial charge in [-0.25, -0.2) is 4.98 Å². The van der Waals surface area contributed by atoms with E-state index in [1.54, 1.807) is 18.2 Å². The number of hydrogen-bond acceptors (Lipinski definition) is 12. The maximum Gasteiger partial charge on any atom is 0.221 e. The van der Waals surface area contributed by atoms with Gasteiger partial charge in [-0.15, -0.1) is 0 Å². The fourth-order valence-electron chi connectivity index (χ4n) is 5.10. The molecule has 0 aromatic heterocycles. The van der Waals surface area contributed by atoms with Crippen molar-refractivity contribution in [3.05, 3.63) is 52.7 Å². The predicted octanol–water partition coefficient (Wildman–Crippen LogP) is 2.14. The number of hydrogen-bond donors (Lipinski definition) is 5. The zero-order chi connectivity index (χ0) is 34.8. The monoisotopic (exact) mass is 681 g/mol. The standard InChI is InChI=1S/C35H47N5O9/c36-10-1-16-46-18-20-48-21-19-47-17-3-12-38-34(45)9-14-40(13-8-33(44)37-11-2-15-41)25-4-7-29-31(22-25)49-32-24-30(43)27-6-5-26(42)23-28(27)35(32)39-29/h4-7,22-24,41-42H,1-3,8-21,36H2,(H,37,44)(H,38,45). The summed E-state index contributed by atoms with van der Waals surface area (Å²) in [6.45, 7) is 5.18. The minimum absolute atomic E-state index is 0.0116. The van der Waals surface area contributed by atoms with Crippen molar-refractivity contribution in [1.82, 2.24) is 15.6 Å². The number of nitrogens with one attached hydrogen (secondary N) is 2. The second kappa shape index (κ2) is 20.2. The molecule has 1 heterocycles. The average molecular weight is 682 g/mol. The quantitative estimate of drug-likeness (QED) is 0.0435. The van der Waals surface area contributed by atoms with E-state index < -0.39 is 0 Å². The molecular weight excluding hydrogens is 634 g/mol. The van der Waals surface area contributed by atoms with Crippen LogP contribution in [0.2, 0.25) is 0 Å². The van der Waals surface area contributed by atoms with Crippen LogP contribution in [0.15, 0.2) is 51.7 Å². The number of phenols is 1. The molecule has 49 heavy (non-hydrogen) atoms. The Labute approximate surface area is 284 Å². The minimum atomic E-state index is -0.250. The summed E-state index contributed by atoms with van der Waals surface area (Å²) in [5.74, 6) is -0.00293. The summed E-state index contributed by atoms with van der Waals surface area (Å²) in [4.78, 5) is 44.6. The van der Waals surface area contributed by atoms with Crippen LogP contribution in [0.25, 0.3) is 33.3 Å². The van der Waals surface area contributed by atoms with Crippen LogP contribution in [0.1, 0.15) is 32.1 Å². The molecule has 2 amide bonds. The van der Waals surface area contributed by atoms with Gasteiger partial charge >= 0.3 is 0 Å². The molecule has 0 fully saturated rings. The highest BCUT2D eigenvalue weighted by Gasteiger charge is 2.18. The summed E-state index contributed by atoms with van der Waals surface area (Å²) in [5, 5.41) is 25.7. The first-order valence-corrected chi connectivity index (χ1v) is 16.7. The lowest BCUT2D eigenvalue weighted by Crippen LogP contribution is -2.35. The summed E-state index contributed by atoms with van der Waals surface area (Å²) in [6.07, 6.45) is 2.31. The average Bonchev–Trinajstić information content (AvgIpc) is 3.09. The molecule has 0 saturated carbocycles. The number of nitrogens with two attached hydrogens (primary N) is 1. The molecule has 1 aliphatic carbocycles. The third-order valence-corrected chi connectivity index (χ3v) is 7.68. The number of ether oxygens (including phenoxy) is 3. The molecule has 0 bridgehead atoms. The molecule has 0 spiro atoms. The molecule has 1 aliphatic heterocycles. The highest BCUT2D eigenvalue weighted by Crippen LogP contribution is 2.33. The van der Waals surface area contributed by atoms with E-state index in [0.717, 1.165) is 6.42 Å². The minimum Gasteiger partial charge on any atom is -0.508 e. The number of aliphatic hydroxyl groups excluding tert-OH is 1. The van der Waals surface area contributed by atoms with Gasteiger partial charge in [-0.3, -0.25) is 14.4 Å². The van der Waals surface area contributed by atoms with Crippen molar-refractivity contribution in [3.8, 4) is 17.2 Å². The van der Waals surface area contributed by atoms with Crippen molar-refractivity contribution >= 4 is 39.4 Å². The fraction of sp³-hybridized carbons (Fsp3) is 0.486. The van der Waals surface area contributed by atoms with Gasteiger partial charge in [0.15, 0.2) is 16.8 Å². The van der Waals surface area contributed by atoms with Gasteiger partial charge in [0, 0.05) is 87.4 Å². The lowest BCUT2D eigenvalue weighted by molar-refractivity contribution is -0.121. The SMILES string of the molecule is NCCCOCCOCCOCCCNC(=O)CCN(CCC(=O)NCCCO)c1ccc2nc3c4cc(O)ccc4c(=O)cc-3oc2c1. The van der Waals surface area contributed by atoms with Crippen molar-refractivity contribution < 1.29 is 38.4 Å². The van der Waals surface area contributed by atoms with Gasteiger partial charge in [-0.05, 0) is 56.1 Å². The number of benzene rings is 3. The summed E-state index contributed by atoms with van der Waals surface area (Å²) in [5.41, 5.74) is 7.30. The molecular formula is C35H47N5O9. The van der Waals surface area contributed by atoms with E-state index in [4.69, 9.17) is 34.5 Å². The Balaban J connectivity index is 1.32. The maximum atomic E-state index is 12.7. The van der Waals surface area contributed by atoms with Crippen molar-refractivity contribution in [2.75, 3.05) is 83.9 Å². The number of carbonyl (C=O) groups excluding carboxylic acids is 2. The normalized spacial score (nSPS) is 11.4. The number of aliphatic hydroxyl groups is 1. The zero-order valence-electron chi connectivity index (χ0n) is 27.8. The van der Waals surface area contributed by atoms with Crippen LogP contribution in [0.5, 0.6) is 5.75 Å². The number of rotatable bonds is 23. The van der Waals surface area contributed by atoms with E-state index in [1.807, 2.05) is 11.0 Å². The van der Waals surface area contributed by atoms with Gasteiger partial charge in [0.1, 0.15) is 17.0 Å². The Morgan fingerprint density at radius 2 is 1.47 bits per heavy atom. The lowest BCUT2D eigenvalue weighted by atomic mass is 10.0. The molecule has 0 radical (unpaired) electrons. The van der Waals surface area contributed by atoms with Crippen molar-refractivity contribution in [3.63, 3.8) is 0 Å². The van der Waals surface area contributed by atoms with Crippen LogP contribution in [0, 0.1) is 0 Å². The van der Waals surface area contributed by atoms with Gasteiger partial charge in [0.05, 0.1) is 26.4 Å².